The van der Waals surface area contributed by atoms with E-state index in [2.05, 4.69) is 0 Å². The maximum atomic E-state index is 12.6. The van der Waals surface area contributed by atoms with Crippen molar-refractivity contribution < 1.29 is 17.9 Å². The summed E-state index contributed by atoms with van der Waals surface area (Å²) in [5.74, 6) is 1.38. The number of piperidine rings is 1. The maximum absolute atomic E-state index is 12.6. The Morgan fingerprint density at radius 3 is 2.80 bits per heavy atom. The first-order chi connectivity index (χ1) is 9.45. The summed E-state index contributed by atoms with van der Waals surface area (Å²) in [5, 5.41) is 9.36. The van der Waals surface area contributed by atoms with Crippen LogP contribution in [0.5, 0.6) is 0 Å². The SMILES string of the molecule is Cc1ccc(CN(C)S(=O)(=O)N2CCCCC2CO)o1. The molecule has 0 amide bonds. The van der Waals surface area contributed by atoms with Crippen LogP contribution in [-0.2, 0) is 16.8 Å². The molecule has 1 aliphatic rings. The largest absolute Gasteiger partial charge is 0.465 e. The normalized spacial score (nSPS) is 21.5. The second kappa shape index (κ2) is 6.26. The van der Waals surface area contributed by atoms with Crippen molar-refractivity contribution in [2.75, 3.05) is 20.2 Å². The highest BCUT2D eigenvalue weighted by atomic mass is 32.2. The zero-order chi connectivity index (χ0) is 14.8. The molecule has 2 rings (SSSR count). The number of rotatable bonds is 5. The average molecular weight is 302 g/mol. The first-order valence-electron chi connectivity index (χ1n) is 6.84. The van der Waals surface area contributed by atoms with Crippen molar-refractivity contribution in [3.05, 3.63) is 23.7 Å². The van der Waals surface area contributed by atoms with E-state index in [0.717, 1.165) is 18.6 Å². The maximum Gasteiger partial charge on any atom is 0.282 e. The van der Waals surface area contributed by atoms with Gasteiger partial charge < -0.3 is 9.52 Å². The molecule has 20 heavy (non-hydrogen) atoms. The van der Waals surface area contributed by atoms with Gasteiger partial charge in [0.1, 0.15) is 11.5 Å². The van der Waals surface area contributed by atoms with Crippen LogP contribution < -0.4 is 0 Å². The van der Waals surface area contributed by atoms with E-state index < -0.39 is 10.2 Å². The zero-order valence-corrected chi connectivity index (χ0v) is 12.8. The van der Waals surface area contributed by atoms with Crippen molar-refractivity contribution in [2.24, 2.45) is 0 Å². The summed E-state index contributed by atoms with van der Waals surface area (Å²) in [6.45, 7) is 2.36. The van der Waals surface area contributed by atoms with Crippen LogP contribution in [0.4, 0.5) is 0 Å². The lowest BCUT2D eigenvalue weighted by Crippen LogP contribution is -2.50. The smallest absolute Gasteiger partial charge is 0.282 e. The highest BCUT2D eigenvalue weighted by Gasteiger charge is 2.34. The van der Waals surface area contributed by atoms with Crippen molar-refractivity contribution in [1.82, 2.24) is 8.61 Å². The molecule has 6 nitrogen and oxygen atoms in total. The van der Waals surface area contributed by atoms with Crippen molar-refractivity contribution in [2.45, 2.75) is 38.8 Å². The molecule has 0 aromatic carbocycles. The van der Waals surface area contributed by atoms with E-state index in [1.807, 2.05) is 13.0 Å². The number of aliphatic hydroxyl groups excluding tert-OH is 1. The molecule has 1 aromatic rings. The van der Waals surface area contributed by atoms with Gasteiger partial charge in [-0.15, -0.1) is 0 Å². The molecule has 1 aliphatic heterocycles. The summed E-state index contributed by atoms with van der Waals surface area (Å²) in [6, 6.07) is 3.28. The van der Waals surface area contributed by atoms with Gasteiger partial charge in [0.2, 0.25) is 0 Å². The second-order valence-electron chi connectivity index (χ2n) is 5.22. The van der Waals surface area contributed by atoms with Crippen LogP contribution in [0.15, 0.2) is 16.5 Å². The fourth-order valence-electron chi connectivity index (χ4n) is 2.51. The molecule has 1 N–H and O–H groups in total. The van der Waals surface area contributed by atoms with E-state index in [9.17, 15) is 13.5 Å². The Balaban J connectivity index is 2.11. The van der Waals surface area contributed by atoms with Gasteiger partial charge in [-0.2, -0.15) is 17.0 Å². The van der Waals surface area contributed by atoms with Crippen molar-refractivity contribution >= 4 is 10.2 Å². The monoisotopic (exact) mass is 302 g/mol. The first-order valence-corrected chi connectivity index (χ1v) is 8.24. The number of aliphatic hydroxyl groups is 1. The Morgan fingerprint density at radius 2 is 2.20 bits per heavy atom. The Labute approximate surface area is 120 Å². The van der Waals surface area contributed by atoms with Crippen LogP contribution in [-0.4, -0.2) is 48.4 Å². The molecule has 1 fully saturated rings. The van der Waals surface area contributed by atoms with Gasteiger partial charge in [-0.25, -0.2) is 0 Å². The minimum Gasteiger partial charge on any atom is -0.465 e. The van der Waals surface area contributed by atoms with Gasteiger partial charge in [0.05, 0.1) is 13.2 Å². The van der Waals surface area contributed by atoms with Crippen molar-refractivity contribution in [3.63, 3.8) is 0 Å². The van der Waals surface area contributed by atoms with E-state index in [4.69, 9.17) is 4.42 Å². The van der Waals surface area contributed by atoms with Gasteiger partial charge in [-0.3, -0.25) is 0 Å². The van der Waals surface area contributed by atoms with Gasteiger partial charge in [0, 0.05) is 19.6 Å². The molecule has 7 heteroatoms. The van der Waals surface area contributed by atoms with Crippen LogP contribution >= 0.6 is 0 Å². The molecule has 0 spiro atoms. The molecular formula is C13H22N2O4S. The fraction of sp³-hybridized carbons (Fsp3) is 0.692. The van der Waals surface area contributed by atoms with Crippen molar-refractivity contribution in [1.29, 1.82) is 0 Å². The third kappa shape index (κ3) is 3.22. The highest BCUT2D eigenvalue weighted by molar-refractivity contribution is 7.86. The molecule has 1 aromatic heterocycles. The standard InChI is InChI=1S/C13H22N2O4S/c1-11-6-7-13(19-11)9-14(2)20(17,18)15-8-4-3-5-12(15)10-16/h6-7,12,16H,3-5,8-10H2,1-2H3. The number of nitrogens with zero attached hydrogens (tertiary/aromatic N) is 2. The molecule has 1 atom stereocenters. The van der Waals surface area contributed by atoms with E-state index in [0.29, 0.717) is 18.7 Å². The summed E-state index contributed by atoms with van der Waals surface area (Å²) in [4.78, 5) is 0. The van der Waals surface area contributed by atoms with Gasteiger partial charge in [0.15, 0.2) is 0 Å². The summed E-state index contributed by atoms with van der Waals surface area (Å²) >= 11 is 0. The van der Waals surface area contributed by atoms with Gasteiger partial charge >= 0.3 is 0 Å². The number of hydrogen-bond donors (Lipinski definition) is 1. The molecule has 1 saturated heterocycles. The lowest BCUT2D eigenvalue weighted by Gasteiger charge is -2.35. The Hall–Kier alpha value is -0.890. The molecule has 0 bridgehead atoms. The van der Waals surface area contributed by atoms with Gasteiger partial charge in [-0.05, 0) is 31.9 Å². The third-order valence-electron chi connectivity index (χ3n) is 3.65. The topological polar surface area (TPSA) is 74.0 Å². The summed E-state index contributed by atoms with van der Waals surface area (Å²) < 4.78 is 33.2. The van der Waals surface area contributed by atoms with E-state index in [1.165, 1.54) is 15.7 Å². The molecule has 114 valence electrons. The number of furan rings is 1. The van der Waals surface area contributed by atoms with Crippen LogP contribution in [0.1, 0.15) is 30.8 Å². The highest BCUT2D eigenvalue weighted by Crippen LogP contribution is 2.23. The predicted molar refractivity (Wildman–Crippen MR) is 75.3 cm³/mol. The van der Waals surface area contributed by atoms with Crippen LogP contribution in [0.3, 0.4) is 0 Å². The van der Waals surface area contributed by atoms with Gasteiger partial charge in [-0.1, -0.05) is 6.42 Å². The Morgan fingerprint density at radius 1 is 1.45 bits per heavy atom. The fourth-order valence-corrected chi connectivity index (χ4v) is 4.07. The zero-order valence-electron chi connectivity index (χ0n) is 11.9. The summed E-state index contributed by atoms with van der Waals surface area (Å²) in [7, 11) is -2.03. The van der Waals surface area contributed by atoms with Crippen LogP contribution in [0, 0.1) is 6.92 Å². The number of aryl methyl sites for hydroxylation is 1. The Bertz CT molecular complexity index is 540. The van der Waals surface area contributed by atoms with Crippen LogP contribution in [0.2, 0.25) is 0 Å². The molecule has 0 aliphatic carbocycles. The second-order valence-corrected chi connectivity index (χ2v) is 7.21. The summed E-state index contributed by atoms with van der Waals surface area (Å²) in [6.07, 6.45) is 2.51. The molecule has 0 saturated carbocycles. The number of hydrogen-bond acceptors (Lipinski definition) is 4. The average Bonchev–Trinajstić information content (AvgIpc) is 2.84. The lowest BCUT2D eigenvalue weighted by atomic mass is 10.1. The molecule has 1 unspecified atom stereocenters. The van der Waals surface area contributed by atoms with Gasteiger partial charge in [0.25, 0.3) is 10.2 Å². The lowest BCUT2D eigenvalue weighted by molar-refractivity contribution is 0.148. The van der Waals surface area contributed by atoms with E-state index in [-0.39, 0.29) is 19.2 Å². The predicted octanol–water partition coefficient (Wildman–Crippen LogP) is 1.11. The minimum atomic E-state index is -3.57. The minimum absolute atomic E-state index is 0.132. The van der Waals surface area contributed by atoms with E-state index >= 15 is 0 Å². The molecule has 0 radical (unpaired) electrons. The first kappa shape index (κ1) is 15.5. The summed E-state index contributed by atoms with van der Waals surface area (Å²) in [5.41, 5.74) is 0. The molecular weight excluding hydrogens is 280 g/mol. The van der Waals surface area contributed by atoms with E-state index in [1.54, 1.807) is 6.07 Å². The third-order valence-corrected chi connectivity index (χ3v) is 5.64. The van der Waals surface area contributed by atoms with Crippen molar-refractivity contribution in [3.8, 4) is 0 Å². The quantitative estimate of drug-likeness (QED) is 0.884. The van der Waals surface area contributed by atoms with Crippen LogP contribution in [0.25, 0.3) is 0 Å². The Kier molecular flexibility index (Phi) is 4.85. The molecule has 2 heterocycles.